The molecular weight excluding hydrogens is 296 g/mol. The Morgan fingerprint density at radius 1 is 1.43 bits per heavy atom. The molecule has 8 heteroatoms. The number of ether oxygens (including phenoxy) is 2. The van der Waals surface area contributed by atoms with E-state index < -0.39 is 22.0 Å². The lowest BCUT2D eigenvalue weighted by Gasteiger charge is -2.36. The minimum atomic E-state index is -3.62. The summed E-state index contributed by atoms with van der Waals surface area (Å²) >= 11 is 0. The number of hydrogen-bond donors (Lipinski definition) is 1. The van der Waals surface area contributed by atoms with Crippen LogP contribution in [0, 0.1) is 0 Å². The smallest absolute Gasteiger partial charge is 0.330 e. The SMILES string of the molecule is CNS(=O)(=O)c1ccccc1N1CCOCC1C(=O)OC. The molecule has 0 spiro atoms. The van der Waals surface area contributed by atoms with Gasteiger partial charge in [0.1, 0.15) is 4.90 Å². The van der Waals surface area contributed by atoms with Crippen LogP contribution in [0.4, 0.5) is 5.69 Å². The van der Waals surface area contributed by atoms with E-state index in [4.69, 9.17) is 9.47 Å². The van der Waals surface area contributed by atoms with Gasteiger partial charge < -0.3 is 14.4 Å². The maximum atomic E-state index is 12.1. The second-order valence-electron chi connectivity index (χ2n) is 4.48. The first-order chi connectivity index (χ1) is 10.0. The molecule has 1 aliphatic heterocycles. The van der Waals surface area contributed by atoms with Crippen molar-refractivity contribution in [3.8, 4) is 0 Å². The summed E-state index contributed by atoms with van der Waals surface area (Å²) in [6.45, 7) is 0.998. The van der Waals surface area contributed by atoms with E-state index in [1.165, 1.54) is 20.2 Å². The molecule has 2 rings (SSSR count). The molecule has 116 valence electrons. The van der Waals surface area contributed by atoms with Crippen molar-refractivity contribution in [2.24, 2.45) is 0 Å². The molecule has 0 aliphatic carbocycles. The molecule has 1 aromatic carbocycles. The minimum absolute atomic E-state index is 0.128. The van der Waals surface area contributed by atoms with Gasteiger partial charge in [-0.25, -0.2) is 17.9 Å². The largest absolute Gasteiger partial charge is 0.467 e. The quantitative estimate of drug-likeness (QED) is 0.786. The van der Waals surface area contributed by atoms with Crippen molar-refractivity contribution >= 4 is 21.7 Å². The Kier molecular flexibility index (Phi) is 4.81. The molecule has 1 aromatic rings. The fourth-order valence-corrected chi connectivity index (χ4v) is 3.19. The van der Waals surface area contributed by atoms with Gasteiger partial charge in [0.2, 0.25) is 10.0 Å². The maximum absolute atomic E-state index is 12.1. The van der Waals surface area contributed by atoms with E-state index in [0.29, 0.717) is 18.8 Å². The lowest BCUT2D eigenvalue weighted by atomic mass is 10.2. The van der Waals surface area contributed by atoms with E-state index in [1.54, 1.807) is 23.1 Å². The van der Waals surface area contributed by atoms with Gasteiger partial charge in [0.15, 0.2) is 6.04 Å². The van der Waals surface area contributed by atoms with Crippen LogP contribution in [0.15, 0.2) is 29.2 Å². The molecule has 7 nitrogen and oxygen atoms in total. The van der Waals surface area contributed by atoms with Crippen molar-refractivity contribution in [2.45, 2.75) is 10.9 Å². The van der Waals surface area contributed by atoms with Crippen LogP contribution in [0.1, 0.15) is 0 Å². The summed E-state index contributed by atoms with van der Waals surface area (Å²) < 4.78 is 36.6. The first-order valence-electron chi connectivity index (χ1n) is 6.46. The van der Waals surface area contributed by atoms with Crippen LogP contribution < -0.4 is 9.62 Å². The molecule has 1 aliphatic rings. The Morgan fingerprint density at radius 2 is 2.14 bits per heavy atom. The highest BCUT2D eigenvalue weighted by Gasteiger charge is 2.33. The summed E-state index contributed by atoms with van der Waals surface area (Å²) in [5.74, 6) is -0.452. The zero-order valence-corrected chi connectivity index (χ0v) is 12.7. The molecule has 21 heavy (non-hydrogen) atoms. The Bertz CT molecular complexity index is 617. The molecular formula is C13H18N2O5S. The number of morpholine rings is 1. The van der Waals surface area contributed by atoms with E-state index in [9.17, 15) is 13.2 Å². The number of sulfonamides is 1. The number of anilines is 1. The summed E-state index contributed by atoms with van der Waals surface area (Å²) in [5.41, 5.74) is 0.463. The van der Waals surface area contributed by atoms with Crippen molar-refractivity contribution < 1.29 is 22.7 Å². The van der Waals surface area contributed by atoms with Crippen molar-refractivity contribution in [1.82, 2.24) is 4.72 Å². The second-order valence-corrected chi connectivity index (χ2v) is 6.34. The average molecular weight is 314 g/mol. The standard InChI is InChI=1S/C13H18N2O5S/c1-14-21(17,18)12-6-4-3-5-10(12)15-7-8-20-9-11(15)13(16)19-2/h3-6,11,14H,7-9H2,1-2H3. The van der Waals surface area contributed by atoms with Crippen molar-refractivity contribution in [2.75, 3.05) is 38.8 Å². The molecule has 0 aromatic heterocycles. The monoisotopic (exact) mass is 314 g/mol. The van der Waals surface area contributed by atoms with Gasteiger partial charge in [-0.15, -0.1) is 0 Å². The zero-order valence-electron chi connectivity index (χ0n) is 11.9. The van der Waals surface area contributed by atoms with Gasteiger partial charge >= 0.3 is 5.97 Å². The van der Waals surface area contributed by atoms with Crippen LogP contribution in [-0.2, 0) is 24.3 Å². The highest BCUT2D eigenvalue weighted by atomic mass is 32.2. The zero-order chi connectivity index (χ0) is 15.5. The predicted molar refractivity (Wildman–Crippen MR) is 76.7 cm³/mol. The summed E-state index contributed by atoms with van der Waals surface area (Å²) in [5, 5.41) is 0. The summed E-state index contributed by atoms with van der Waals surface area (Å²) in [4.78, 5) is 13.7. The molecule has 1 saturated heterocycles. The van der Waals surface area contributed by atoms with E-state index in [-0.39, 0.29) is 11.5 Å². The fraction of sp³-hybridized carbons (Fsp3) is 0.462. The number of para-hydroxylation sites is 1. The lowest BCUT2D eigenvalue weighted by Crippen LogP contribution is -2.51. The van der Waals surface area contributed by atoms with Gasteiger partial charge in [-0.2, -0.15) is 0 Å². The predicted octanol–water partition coefficient (Wildman–Crippen LogP) is -0.0271. The normalized spacial score (nSPS) is 19.3. The maximum Gasteiger partial charge on any atom is 0.330 e. The molecule has 0 radical (unpaired) electrons. The number of nitrogens with zero attached hydrogens (tertiary/aromatic N) is 1. The van der Waals surface area contributed by atoms with Crippen LogP contribution in [0.25, 0.3) is 0 Å². The minimum Gasteiger partial charge on any atom is -0.467 e. The van der Waals surface area contributed by atoms with Gasteiger partial charge in [0.05, 0.1) is 26.0 Å². The van der Waals surface area contributed by atoms with E-state index >= 15 is 0 Å². The van der Waals surface area contributed by atoms with Gasteiger partial charge in [0, 0.05) is 6.54 Å². The number of nitrogens with one attached hydrogen (secondary N) is 1. The van der Waals surface area contributed by atoms with E-state index in [1.807, 2.05) is 0 Å². The molecule has 1 fully saturated rings. The van der Waals surface area contributed by atoms with Crippen LogP contribution in [0.2, 0.25) is 0 Å². The number of carbonyl (C=O) groups excluding carboxylic acids is 1. The number of methoxy groups -OCH3 is 1. The summed E-state index contributed by atoms with van der Waals surface area (Å²) in [7, 11) is -0.971. The molecule has 1 atom stereocenters. The molecule has 0 bridgehead atoms. The molecule has 1 N–H and O–H groups in total. The third-order valence-corrected chi connectivity index (χ3v) is 4.80. The average Bonchev–Trinajstić information content (AvgIpc) is 2.54. The third kappa shape index (κ3) is 3.17. The van der Waals surface area contributed by atoms with Crippen LogP contribution in [0.3, 0.4) is 0 Å². The number of carbonyl (C=O) groups is 1. The van der Waals surface area contributed by atoms with Crippen molar-refractivity contribution in [1.29, 1.82) is 0 Å². The Labute approximate surface area is 123 Å². The van der Waals surface area contributed by atoms with Gasteiger partial charge in [0.25, 0.3) is 0 Å². The molecule has 1 heterocycles. The molecule has 0 saturated carbocycles. The summed E-state index contributed by atoms with van der Waals surface area (Å²) in [6.07, 6.45) is 0. The van der Waals surface area contributed by atoms with E-state index in [0.717, 1.165) is 0 Å². The van der Waals surface area contributed by atoms with Gasteiger partial charge in [-0.3, -0.25) is 0 Å². The first kappa shape index (κ1) is 15.7. The topological polar surface area (TPSA) is 84.9 Å². The Morgan fingerprint density at radius 3 is 2.81 bits per heavy atom. The Hall–Kier alpha value is -1.64. The highest BCUT2D eigenvalue weighted by Crippen LogP contribution is 2.28. The van der Waals surface area contributed by atoms with Gasteiger partial charge in [-0.1, -0.05) is 12.1 Å². The summed E-state index contributed by atoms with van der Waals surface area (Å²) in [6, 6.07) is 5.89. The van der Waals surface area contributed by atoms with Crippen LogP contribution in [-0.4, -0.2) is 54.3 Å². The van der Waals surface area contributed by atoms with Crippen LogP contribution in [0.5, 0.6) is 0 Å². The highest BCUT2D eigenvalue weighted by molar-refractivity contribution is 7.89. The van der Waals surface area contributed by atoms with Crippen molar-refractivity contribution in [3.63, 3.8) is 0 Å². The Balaban J connectivity index is 2.47. The van der Waals surface area contributed by atoms with E-state index in [2.05, 4.69) is 4.72 Å². The molecule has 1 unspecified atom stereocenters. The third-order valence-electron chi connectivity index (χ3n) is 3.33. The first-order valence-corrected chi connectivity index (χ1v) is 7.94. The number of esters is 1. The molecule has 0 amide bonds. The van der Waals surface area contributed by atoms with Crippen LogP contribution >= 0.6 is 0 Å². The lowest BCUT2D eigenvalue weighted by molar-refractivity contribution is -0.144. The van der Waals surface area contributed by atoms with Crippen molar-refractivity contribution in [3.05, 3.63) is 24.3 Å². The number of rotatable bonds is 4. The fourth-order valence-electron chi connectivity index (χ4n) is 2.25. The number of hydrogen-bond acceptors (Lipinski definition) is 6. The number of benzene rings is 1. The van der Waals surface area contributed by atoms with Gasteiger partial charge in [-0.05, 0) is 19.2 Å². The second kappa shape index (κ2) is 6.42.